The number of amides is 1. The largest absolute Gasteiger partial charge is 0.345 e. The third-order valence-corrected chi connectivity index (χ3v) is 4.82. The molecule has 1 aliphatic rings. The van der Waals surface area contributed by atoms with Crippen LogP contribution in [-0.2, 0) is 4.79 Å². The van der Waals surface area contributed by atoms with Crippen molar-refractivity contribution in [2.75, 3.05) is 13.6 Å². The number of rotatable bonds is 3. The Bertz CT molecular complexity index is 941. The molecule has 0 radical (unpaired) electrons. The predicted octanol–water partition coefficient (Wildman–Crippen LogP) is 3.50. The average Bonchev–Trinajstić information content (AvgIpc) is 3.19. The number of aryl methyl sites for hydroxylation is 2. The van der Waals surface area contributed by atoms with Crippen LogP contribution in [0.2, 0.25) is 0 Å². The van der Waals surface area contributed by atoms with Gasteiger partial charge in [-0.3, -0.25) is 4.79 Å². The topological polar surface area (TPSA) is 51.0 Å². The van der Waals surface area contributed by atoms with Crippen LogP contribution in [0.4, 0.5) is 0 Å². The van der Waals surface area contributed by atoms with E-state index >= 15 is 0 Å². The minimum atomic E-state index is 0.0540. The fraction of sp³-hybridized carbons (Fsp3) is 0.286. The summed E-state index contributed by atoms with van der Waals surface area (Å²) in [5, 5.41) is 4.80. The van der Waals surface area contributed by atoms with Gasteiger partial charge in [0.15, 0.2) is 5.82 Å². The van der Waals surface area contributed by atoms with Crippen LogP contribution in [0, 0.1) is 13.8 Å². The number of likely N-dealkylation sites (N-methyl/N-ethyl adjacent to an activating group) is 1. The zero-order valence-corrected chi connectivity index (χ0v) is 15.3. The van der Waals surface area contributed by atoms with Gasteiger partial charge >= 0.3 is 0 Å². The van der Waals surface area contributed by atoms with E-state index in [0.29, 0.717) is 18.8 Å². The van der Waals surface area contributed by atoms with Crippen LogP contribution in [0.3, 0.4) is 0 Å². The van der Waals surface area contributed by atoms with Crippen LogP contribution >= 0.6 is 0 Å². The molecule has 1 fully saturated rings. The molecular weight excluding hydrogens is 324 g/mol. The SMILES string of the molecule is Cc1cc(C)cc(-n2nc(-c3ccccc3)nc2C2CC(=O)N(C)C2)c1. The van der Waals surface area contributed by atoms with E-state index in [4.69, 9.17) is 10.1 Å². The van der Waals surface area contributed by atoms with Gasteiger partial charge in [0.1, 0.15) is 5.82 Å². The van der Waals surface area contributed by atoms with Crippen molar-refractivity contribution in [3.05, 3.63) is 65.5 Å². The summed E-state index contributed by atoms with van der Waals surface area (Å²) in [6, 6.07) is 16.3. The van der Waals surface area contributed by atoms with Crippen molar-refractivity contribution in [3.8, 4) is 17.1 Å². The highest BCUT2D eigenvalue weighted by Crippen LogP contribution is 2.30. The third-order valence-electron chi connectivity index (χ3n) is 4.82. The molecule has 1 amide bonds. The molecule has 0 N–H and O–H groups in total. The maximum absolute atomic E-state index is 12.1. The summed E-state index contributed by atoms with van der Waals surface area (Å²) < 4.78 is 1.92. The lowest BCUT2D eigenvalue weighted by atomic mass is 10.1. The van der Waals surface area contributed by atoms with Crippen molar-refractivity contribution in [1.82, 2.24) is 19.7 Å². The average molecular weight is 346 g/mol. The van der Waals surface area contributed by atoms with Gasteiger partial charge in [0, 0.05) is 31.5 Å². The number of likely N-dealkylation sites (tertiary alicyclic amines) is 1. The molecule has 2 aromatic carbocycles. The van der Waals surface area contributed by atoms with E-state index in [-0.39, 0.29) is 11.8 Å². The van der Waals surface area contributed by atoms with Crippen LogP contribution < -0.4 is 0 Å². The maximum Gasteiger partial charge on any atom is 0.223 e. The quantitative estimate of drug-likeness (QED) is 0.729. The van der Waals surface area contributed by atoms with Gasteiger partial charge < -0.3 is 4.90 Å². The fourth-order valence-corrected chi connectivity index (χ4v) is 3.60. The second kappa shape index (κ2) is 6.41. The molecule has 1 saturated heterocycles. The van der Waals surface area contributed by atoms with Crippen LogP contribution in [0.25, 0.3) is 17.1 Å². The highest BCUT2D eigenvalue weighted by molar-refractivity contribution is 5.79. The van der Waals surface area contributed by atoms with Gasteiger partial charge in [-0.15, -0.1) is 5.10 Å². The predicted molar refractivity (Wildman–Crippen MR) is 101 cm³/mol. The zero-order chi connectivity index (χ0) is 18.3. The Labute approximate surface area is 153 Å². The molecule has 1 atom stereocenters. The Morgan fingerprint density at radius 3 is 2.35 bits per heavy atom. The third kappa shape index (κ3) is 3.01. The van der Waals surface area contributed by atoms with E-state index < -0.39 is 0 Å². The lowest BCUT2D eigenvalue weighted by Gasteiger charge is -2.12. The van der Waals surface area contributed by atoms with E-state index in [0.717, 1.165) is 17.1 Å². The molecule has 5 nitrogen and oxygen atoms in total. The number of hydrogen-bond acceptors (Lipinski definition) is 3. The molecule has 5 heteroatoms. The summed E-state index contributed by atoms with van der Waals surface area (Å²) in [5.74, 6) is 1.76. The van der Waals surface area contributed by atoms with Crippen molar-refractivity contribution >= 4 is 5.91 Å². The second-order valence-corrected chi connectivity index (χ2v) is 7.09. The highest BCUT2D eigenvalue weighted by atomic mass is 16.2. The van der Waals surface area contributed by atoms with Gasteiger partial charge in [0.05, 0.1) is 5.69 Å². The number of nitrogens with zero attached hydrogens (tertiary/aromatic N) is 4. The first kappa shape index (κ1) is 16.5. The van der Waals surface area contributed by atoms with Gasteiger partial charge in [0.25, 0.3) is 0 Å². The van der Waals surface area contributed by atoms with E-state index in [1.54, 1.807) is 4.90 Å². The van der Waals surface area contributed by atoms with E-state index in [2.05, 4.69) is 32.0 Å². The zero-order valence-electron chi connectivity index (χ0n) is 15.3. The fourth-order valence-electron chi connectivity index (χ4n) is 3.60. The number of benzene rings is 2. The van der Waals surface area contributed by atoms with Crippen molar-refractivity contribution < 1.29 is 4.79 Å². The molecule has 26 heavy (non-hydrogen) atoms. The number of aromatic nitrogens is 3. The van der Waals surface area contributed by atoms with Gasteiger partial charge in [-0.2, -0.15) is 0 Å². The first-order chi connectivity index (χ1) is 12.5. The lowest BCUT2D eigenvalue weighted by Crippen LogP contribution is -2.19. The molecule has 3 aromatic rings. The number of carbonyl (C=O) groups excluding carboxylic acids is 1. The van der Waals surface area contributed by atoms with Crippen molar-refractivity contribution in [2.24, 2.45) is 0 Å². The number of carbonyl (C=O) groups is 1. The summed E-state index contributed by atoms with van der Waals surface area (Å²) in [4.78, 5) is 18.7. The lowest BCUT2D eigenvalue weighted by molar-refractivity contribution is -0.126. The van der Waals surface area contributed by atoms with Crippen LogP contribution in [0.15, 0.2) is 48.5 Å². The first-order valence-corrected chi connectivity index (χ1v) is 8.86. The molecule has 0 bridgehead atoms. The van der Waals surface area contributed by atoms with Crippen LogP contribution in [0.1, 0.15) is 29.3 Å². The molecular formula is C21H22N4O. The molecule has 0 saturated carbocycles. The normalized spacial score (nSPS) is 17.1. The monoisotopic (exact) mass is 346 g/mol. The molecule has 0 aliphatic carbocycles. The van der Waals surface area contributed by atoms with Crippen molar-refractivity contribution in [3.63, 3.8) is 0 Å². The van der Waals surface area contributed by atoms with Gasteiger partial charge in [-0.1, -0.05) is 36.4 Å². The van der Waals surface area contributed by atoms with Gasteiger partial charge in [-0.25, -0.2) is 9.67 Å². The molecule has 4 rings (SSSR count). The van der Waals surface area contributed by atoms with Gasteiger partial charge in [0.2, 0.25) is 5.91 Å². The maximum atomic E-state index is 12.1. The minimum absolute atomic E-state index is 0.0540. The summed E-state index contributed by atoms with van der Waals surface area (Å²) in [7, 11) is 1.85. The standard InChI is InChI=1S/C21H22N4O/c1-14-9-15(2)11-18(10-14)25-21(17-12-19(26)24(3)13-17)22-20(23-25)16-7-5-4-6-8-16/h4-11,17H,12-13H2,1-3H3. The summed E-state index contributed by atoms with van der Waals surface area (Å²) in [6.07, 6.45) is 0.480. The minimum Gasteiger partial charge on any atom is -0.345 e. The van der Waals surface area contributed by atoms with Crippen LogP contribution in [-0.4, -0.2) is 39.2 Å². The van der Waals surface area contributed by atoms with E-state index in [1.807, 2.05) is 42.1 Å². The Hall–Kier alpha value is -2.95. The molecule has 1 aliphatic heterocycles. The Morgan fingerprint density at radius 2 is 1.73 bits per heavy atom. The van der Waals surface area contributed by atoms with E-state index in [9.17, 15) is 4.79 Å². The molecule has 132 valence electrons. The second-order valence-electron chi connectivity index (χ2n) is 7.09. The first-order valence-electron chi connectivity index (χ1n) is 8.86. The summed E-state index contributed by atoms with van der Waals surface area (Å²) in [6.45, 7) is 4.84. The highest BCUT2D eigenvalue weighted by Gasteiger charge is 2.32. The van der Waals surface area contributed by atoms with Crippen molar-refractivity contribution in [2.45, 2.75) is 26.2 Å². The molecule has 1 aromatic heterocycles. The molecule has 1 unspecified atom stereocenters. The Morgan fingerprint density at radius 1 is 1.04 bits per heavy atom. The van der Waals surface area contributed by atoms with Gasteiger partial charge in [-0.05, 0) is 37.1 Å². The van der Waals surface area contributed by atoms with Crippen molar-refractivity contribution in [1.29, 1.82) is 0 Å². The molecule has 2 heterocycles. The summed E-state index contributed by atoms with van der Waals surface area (Å²) in [5.41, 5.74) is 4.34. The Balaban J connectivity index is 1.85. The van der Waals surface area contributed by atoms with Crippen LogP contribution in [0.5, 0.6) is 0 Å². The number of hydrogen-bond donors (Lipinski definition) is 0. The summed E-state index contributed by atoms with van der Waals surface area (Å²) >= 11 is 0. The molecule has 0 spiro atoms. The smallest absolute Gasteiger partial charge is 0.223 e. The van der Waals surface area contributed by atoms with E-state index in [1.165, 1.54) is 11.1 Å². The Kier molecular flexibility index (Phi) is 4.07.